The number of benzene rings is 5. The Morgan fingerprint density at radius 1 is 0.444 bits per heavy atom. The van der Waals surface area contributed by atoms with Crippen molar-refractivity contribution in [2.45, 2.75) is 12.8 Å². The molecule has 0 radical (unpaired) electrons. The summed E-state index contributed by atoms with van der Waals surface area (Å²) in [5.74, 6) is 0.436. The van der Waals surface area contributed by atoms with Gasteiger partial charge in [0.25, 0.3) is 0 Å². The van der Waals surface area contributed by atoms with Crippen LogP contribution in [-0.4, -0.2) is 10.2 Å². The molecule has 0 spiro atoms. The second-order valence-electron chi connectivity index (χ2n) is 8.91. The Morgan fingerprint density at radius 3 is 1.22 bits per heavy atom. The van der Waals surface area contributed by atoms with Gasteiger partial charge in [0.2, 0.25) is 0 Å². The molecule has 0 amide bonds. The predicted octanol–water partition coefficient (Wildman–Crippen LogP) is 6.26. The van der Waals surface area contributed by atoms with E-state index in [0.717, 1.165) is 21.5 Å². The van der Waals surface area contributed by atoms with Gasteiger partial charge in [-0.3, -0.25) is 0 Å². The van der Waals surface area contributed by atoms with Gasteiger partial charge in [0.05, 0.1) is 0 Å². The van der Waals surface area contributed by atoms with Crippen LogP contribution < -0.4 is 15.9 Å². The molecular weight excluding hydrogens is 463 g/mol. The van der Waals surface area contributed by atoms with Gasteiger partial charge in [-0.05, 0) is 0 Å². The monoisotopic (exact) mass is 492 g/mol. The van der Waals surface area contributed by atoms with Gasteiger partial charge in [-0.2, -0.15) is 0 Å². The fraction of sp³-hybridized carbons (Fsp3) is 0.0625. The van der Waals surface area contributed by atoms with E-state index in [-0.39, 0.29) is 18.1 Å². The van der Waals surface area contributed by atoms with Gasteiger partial charge >= 0.3 is 212 Å². The minimum absolute atomic E-state index is 0.200. The summed E-state index contributed by atoms with van der Waals surface area (Å²) in [5.41, 5.74) is 1.52. The number of phenols is 2. The second-order valence-corrected chi connectivity index (χ2v) is 13.5. The van der Waals surface area contributed by atoms with E-state index in [0.29, 0.717) is 11.7 Å². The quantitative estimate of drug-likeness (QED) is 0.252. The van der Waals surface area contributed by atoms with Crippen molar-refractivity contribution in [1.29, 1.82) is 0 Å². The molecule has 0 aromatic heterocycles. The van der Waals surface area contributed by atoms with Crippen LogP contribution in [0.2, 0.25) is 0 Å². The standard InChI is InChI=1S/C32H29O3P/c33-31-22-12-10-14-26(31)24-35-36(28-16-4-1-5-17-28,29-18-6-2-7-19-29,30-20-8-3-9-21-30)25-27-15-11-13-23-32(27)34/h1-23,33-34H,24-25H2. The van der Waals surface area contributed by atoms with Crippen molar-refractivity contribution >= 4 is 22.7 Å². The topological polar surface area (TPSA) is 49.7 Å². The van der Waals surface area contributed by atoms with Crippen LogP contribution in [-0.2, 0) is 17.3 Å². The van der Waals surface area contributed by atoms with Crippen LogP contribution >= 0.6 is 6.83 Å². The summed E-state index contributed by atoms with van der Waals surface area (Å²) in [6, 6.07) is 45.8. The number of hydrogen-bond donors (Lipinski definition) is 2. The molecule has 3 nitrogen and oxygen atoms in total. The predicted molar refractivity (Wildman–Crippen MR) is 150 cm³/mol. The van der Waals surface area contributed by atoms with Gasteiger partial charge in [-0.1, -0.05) is 0 Å². The van der Waals surface area contributed by atoms with Crippen molar-refractivity contribution in [2.24, 2.45) is 0 Å². The summed E-state index contributed by atoms with van der Waals surface area (Å²) in [7, 11) is 0. The van der Waals surface area contributed by atoms with Crippen molar-refractivity contribution in [3.05, 3.63) is 151 Å². The Morgan fingerprint density at radius 2 is 0.806 bits per heavy atom. The third-order valence-electron chi connectivity index (χ3n) is 6.87. The maximum absolute atomic E-state index is 11.0. The average Bonchev–Trinajstić information content (AvgIpc) is 2.95. The summed E-state index contributed by atoms with van der Waals surface area (Å²) < 4.78 is 7.36. The summed E-state index contributed by atoms with van der Waals surface area (Å²) >= 11 is 0. The minimum atomic E-state index is -3.75. The van der Waals surface area contributed by atoms with Gasteiger partial charge in [0, 0.05) is 0 Å². The number of hydrogen-bond acceptors (Lipinski definition) is 3. The Labute approximate surface area is 212 Å². The van der Waals surface area contributed by atoms with E-state index in [2.05, 4.69) is 36.4 Å². The first kappa shape index (κ1) is 23.8. The fourth-order valence-electron chi connectivity index (χ4n) is 5.03. The molecule has 4 heteroatoms. The van der Waals surface area contributed by atoms with Crippen LogP contribution in [0.5, 0.6) is 11.5 Å². The van der Waals surface area contributed by atoms with Crippen molar-refractivity contribution in [2.75, 3.05) is 0 Å². The van der Waals surface area contributed by atoms with Gasteiger partial charge in [-0.15, -0.1) is 0 Å². The molecule has 0 unspecified atom stereocenters. The third-order valence-corrected chi connectivity index (χ3v) is 12.7. The molecule has 0 heterocycles. The van der Waals surface area contributed by atoms with Crippen LogP contribution in [0.1, 0.15) is 11.1 Å². The zero-order valence-corrected chi connectivity index (χ0v) is 20.8. The molecule has 36 heavy (non-hydrogen) atoms. The summed E-state index contributed by atoms with van der Waals surface area (Å²) in [6.07, 6.45) is 0.462. The Bertz CT molecular complexity index is 1340. The Kier molecular flexibility index (Phi) is 6.61. The number of aromatic hydroxyl groups is 2. The van der Waals surface area contributed by atoms with Gasteiger partial charge in [0.15, 0.2) is 0 Å². The first-order valence-corrected chi connectivity index (χ1v) is 14.3. The first-order chi connectivity index (χ1) is 17.6. The van der Waals surface area contributed by atoms with Crippen LogP contribution in [0, 0.1) is 0 Å². The van der Waals surface area contributed by atoms with E-state index in [1.807, 2.05) is 91.0 Å². The van der Waals surface area contributed by atoms with E-state index >= 15 is 0 Å². The van der Waals surface area contributed by atoms with Crippen LogP contribution in [0.4, 0.5) is 0 Å². The Balaban J connectivity index is 1.89. The molecule has 0 aliphatic heterocycles. The zero-order valence-electron chi connectivity index (χ0n) is 19.9. The van der Waals surface area contributed by atoms with E-state index in [4.69, 9.17) is 4.52 Å². The van der Waals surface area contributed by atoms with Crippen LogP contribution in [0.15, 0.2) is 140 Å². The molecule has 0 atom stereocenters. The van der Waals surface area contributed by atoms with Crippen molar-refractivity contribution in [3.8, 4) is 11.5 Å². The maximum atomic E-state index is 11.0. The molecule has 0 saturated heterocycles. The normalized spacial score (nSPS) is 12.5. The van der Waals surface area contributed by atoms with Gasteiger partial charge in [-0.25, -0.2) is 0 Å². The molecule has 0 bridgehead atoms. The van der Waals surface area contributed by atoms with Crippen LogP contribution in [0.25, 0.3) is 0 Å². The van der Waals surface area contributed by atoms with Crippen molar-refractivity contribution < 1.29 is 14.7 Å². The molecule has 0 aliphatic rings. The van der Waals surface area contributed by atoms with E-state index < -0.39 is 6.83 Å². The molecule has 180 valence electrons. The molecule has 5 aromatic rings. The van der Waals surface area contributed by atoms with E-state index in [1.54, 1.807) is 12.1 Å². The van der Waals surface area contributed by atoms with Crippen LogP contribution in [0.3, 0.4) is 0 Å². The number of para-hydroxylation sites is 2. The van der Waals surface area contributed by atoms with Crippen molar-refractivity contribution in [1.82, 2.24) is 0 Å². The summed E-state index contributed by atoms with van der Waals surface area (Å²) in [5, 5.41) is 24.8. The second kappa shape index (κ2) is 9.99. The molecule has 0 aliphatic carbocycles. The van der Waals surface area contributed by atoms with Crippen molar-refractivity contribution in [3.63, 3.8) is 0 Å². The number of rotatable bonds is 8. The zero-order chi connectivity index (χ0) is 24.9. The molecular formula is C32H29O3P. The third kappa shape index (κ3) is 4.07. The summed E-state index contributed by atoms with van der Waals surface area (Å²) in [6.45, 7) is -3.55. The summed E-state index contributed by atoms with van der Waals surface area (Å²) in [4.78, 5) is 0. The Hall–Kier alpha value is -3.91. The molecule has 0 saturated carbocycles. The molecule has 0 fully saturated rings. The molecule has 5 aromatic carbocycles. The van der Waals surface area contributed by atoms with E-state index in [1.165, 1.54) is 0 Å². The van der Waals surface area contributed by atoms with Gasteiger partial charge < -0.3 is 0 Å². The molecule has 5 rings (SSSR count). The van der Waals surface area contributed by atoms with Gasteiger partial charge in [0.1, 0.15) is 0 Å². The molecule has 2 N–H and O–H groups in total. The fourth-order valence-corrected chi connectivity index (χ4v) is 10.8. The number of phenolic OH excluding ortho intramolecular Hbond substituents is 2. The van der Waals surface area contributed by atoms with E-state index in [9.17, 15) is 10.2 Å². The average molecular weight is 493 g/mol. The SMILES string of the molecule is Oc1ccccc1COP(Cc1ccccc1O)(c1ccccc1)(c1ccccc1)c1ccccc1. The first-order valence-electron chi connectivity index (χ1n) is 12.0.